The molecular formula is C17H22N4O5S. The summed E-state index contributed by atoms with van der Waals surface area (Å²) in [4.78, 5) is 21.1. The largest absolute Gasteiger partial charge is 0.375 e. The van der Waals surface area contributed by atoms with E-state index in [1.807, 2.05) is 0 Å². The number of aromatic nitrogens is 2. The lowest BCUT2D eigenvalue weighted by molar-refractivity contribution is -0.143. The minimum atomic E-state index is -3.83. The zero-order chi connectivity index (χ0) is 18.9. The van der Waals surface area contributed by atoms with Crippen molar-refractivity contribution in [3.05, 3.63) is 24.5 Å². The molecule has 4 heterocycles. The van der Waals surface area contributed by atoms with Gasteiger partial charge in [-0.15, -0.1) is 0 Å². The molecule has 0 aromatic carbocycles. The Hall–Kier alpha value is -2.01. The highest BCUT2D eigenvalue weighted by molar-refractivity contribution is 7.89. The van der Waals surface area contributed by atoms with E-state index >= 15 is 0 Å². The second-order valence-electron chi connectivity index (χ2n) is 6.68. The molecule has 2 aromatic rings. The number of H-pyrrole nitrogens is 1. The van der Waals surface area contributed by atoms with Crippen LogP contribution in [0.1, 0.15) is 12.8 Å². The molecule has 2 aliphatic heterocycles. The smallest absolute Gasteiger partial charge is 0.243 e. The van der Waals surface area contributed by atoms with Gasteiger partial charge >= 0.3 is 0 Å². The van der Waals surface area contributed by atoms with E-state index in [9.17, 15) is 13.2 Å². The Morgan fingerprint density at radius 3 is 3.00 bits per heavy atom. The van der Waals surface area contributed by atoms with E-state index in [0.717, 1.165) is 19.4 Å². The number of nitrogens with zero attached hydrogens (tertiary/aromatic N) is 2. The summed E-state index contributed by atoms with van der Waals surface area (Å²) in [5, 5.41) is 0.488. The molecule has 2 N–H and O–H groups in total. The lowest BCUT2D eigenvalue weighted by atomic mass is 10.1. The number of hydrogen-bond acceptors (Lipinski definition) is 6. The summed E-state index contributed by atoms with van der Waals surface area (Å²) in [6.45, 7) is 1.71. The van der Waals surface area contributed by atoms with Gasteiger partial charge in [-0.1, -0.05) is 0 Å². The van der Waals surface area contributed by atoms with Gasteiger partial charge in [-0.2, -0.15) is 0 Å². The number of morpholine rings is 1. The van der Waals surface area contributed by atoms with Crippen molar-refractivity contribution in [1.82, 2.24) is 19.6 Å². The van der Waals surface area contributed by atoms with Crippen LogP contribution in [0.2, 0.25) is 0 Å². The first kappa shape index (κ1) is 18.4. The highest BCUT2D eigenvalue weighted by atomic mass is 32.2. The Morgan fingerprint density at radius 1 is 1.33 bits per heavy atom. The van der Waals surface area contributed by atoms with Gasteiger partial charge in [0.1, 0.15) is 16.6 Å². The van der Waals surface area contributed by atoms with Crippen LogP contribution in [0.3, 0.4) is 0 Å². The van der Waals surface area contributed by atoms with Gasteiger partial charge in [0.25, 0.3) is 0 Å². The highest BCUT2D eigenvalue weighted by Crippen LogP contribution is 2.22. The number of carbonyl (C=O) groups is 1. The molecule has 4 rings (SSSR count). The van der Waals surface area contributed by atoms with E-state index in [4.69, 9.17) is 9.47 Å². The number of fused-ring (bicyclic) bond motifs is 1. The number of rotatable bonds is 5. The number of nitrogens with one attached hydrogen (secondary N) is 2. The first-order valence-electron chi connectivity index (χ1n) is 8.97. The van der Waals surface area contributed by atoms with Crippen molar-refractivity contribution >= 4 is 27.0 Å². The van der Waals surface area contributed by atoms with Gasteiger partial charge < -0.3 is 19.4 Å². The Morgan fingerprint density at radius 2 is 2.19 bits per heavy atom. The van der Waals surface area contributed by atoms with Gasteiger partial charge in [-0.3, -0.25) is 4.79 Å². The van der Waals surface area contributed by atoms with Gasteiger partial charge in [-0.05, 0) is 25.0 Å². The molecule has 146 valence electrons. The fraction of sp³-hybridized carbons (Fsp3) is 0.529. The van der Waals surface area contributed by atoms with E-state index in [-0.39, 0.29) is 29.6 Å². The fourth-order valence-corrected chi connectivity index (χ4v) is 4.66. The van der Waals surface area contributed by atoms with Gasteiger partial charge in [0.15, 0.2) is 0 Å². The minimum Gasteiger partial charge on any atom is -0.375 e. The monoisotopic (exact) mass is 394 g/mol. The molecule has 0 bridgehead atoms. The van der Waals surface area contributed by atoms with Crippen molar-refractivity contribution in [2.45, 2.75) is 29.9 Å². The Bertz CT molecular complexity index is 922. The SMILES string of the molecule is O=C(CNS(=O)(=O)c1c[nH]c2ncccc12)N1CCOC(C2CCCO2)C1. The number of amides is 1. The third-order valence-corrected chi connectivity index (χ3v) is 6.38. The Kier molecular flexibility index (Phi) is 5.13. The van der Waals surface area contributed by atoms with Gasteiger partial charge in [0, 0.05) is 37.5 Å². The molecule has 9 nitrogen and oxygen atoms in total. The summed E-state index contributed by atoms with van der Waals surface area (Å²) in [6.07, 6.45) is 4.74. The Labute approximate surface area is 157 Å². The number of aromatic amines is 1. The number of sulfonamides is 1. The lowest BCUT2D eigenvalue weighted by Crippen LogP contribution is -2.52. The first-order chi connectivity index (χ1) is 13.0. The second kappa shape index (κ2) is 7.55. The lowest BCUT2D eigenvalue weighted by Gasteiger charge is -2.35. The minimum absolute atomic E-state index is 0.0102. The molecule has 2 aromatic heterocycles. The molecular weight excluding hydrogens is 372 g/mol. The van der Waals surface area contributed by atoms with Crippen LogP contribution in [0.15, 0.2) is 29.4 Å². The summed E-state index contributed by atoms with van der Waals surface area (Å²) in [5.74, 6) is -0.275. The number of carbonyl (C=O) groups excluding carboxylic acids is 1. The average molecular weight is 394 g/mol. The fourth-order valence-electron chi connectivity index (χ4n) is 3.52. The molecule has 1 amide bonds. The van der Waals surface area contributed by atoms with Crippen LogP contribution in [0.25, 0.3) is 11.0 Å². The quantitative estimate of drug-likeness (QED) is 0.751. The van der Waals surface area contributed by atoms with Crippen molar-refractivity contribution < 1.29 is 22.7 Å². The molecule has 0 spiro atoms. The third-order valence-electron chi connectivity index (χ3n) is 4.94. The van der Waals surface area contributed by atoms with E-state index < -0.39 is 10.0 Å². The van der Waals surface area contributed by atoms with Crippen LogP contribution in [-0.4, -0.2) is 74.2 Å². The number of ether oxygens (including phenoxy) is 2. The van der Waals surface area contributed by atoms with Crippen LogP contribution >= 0.6 is 0 Å². The molecule has 2 fully saturated rings. The summed E-state index contributed by atoms with van der Waals surface area (Å²) in [6, 6.07) is 3.34. The first-order valence-corrected chi connectivity index (χ1v) is 10.5. The molecule has 10 heteroatoms. The van der Waals surface area contributed by atoms with Crippen LogP contribution in [0.4, 0.5) is 0 Å². The normalized spacial score (nSPS) is 23.8. The van der Waals surface area contributed by atoms with Crippen molar-refractivity contribution in [2.24, 2.45) is 0 Å². The van der Waals surface area contributed by atoms with E-state index in [1.54, 1.807) is 23.2 Å². The highest BCUT2D eigenvalue weighted by Gasteiger charge is 2.33. The average Bonchev–Trinajstić information content (AvgIpc) is 3.36. The van der Waals surface area contributed by atoms with Crippen molar-refractivity contribution in [3.8, 4) is 0 Å². The number of hydrogen-bond donors (Lipinski definition) is 2. The van der Waals surface area contributed by atoms with Gasteiger partial charge in [0.2, 0.25) is 15.9 Å². The molecule has 2 saturated heterocycles. The van der Waals surface area contributed by atoms with E-state index in [2.05, 4.69) is 14.7 Å². The predicted octanol–water partition coefficient (Wildman–Crippen LogP) is 0.248. The molecule has 0 saturated carbocycles. The molecule has 2 unspecified atom stereocenters. The number of pyridine rings is 1. The topological polar surface area (TPSA) is 114 Å². The maximum Gasteiger partial charge on any atom is 0.243 e. The van der Waals surface area contributed by atoms with Crippen LogP contribution < -0.4 is 4.72 Å². The summed E-state index contributed by atoms with van der Waals surface area (Å²) < 4.78 is 39.0. The summed E-state index contributed by atoms with van der Waals surface area (Å²) in [7, 11) is -3.83. The molecule has 27 heavy (non-hydrogen) atoms. The maximum absolute atomic E-state index is 12.6. The molecule has 0 radical (unpaired) electrons. The molecule has 2 atom stereocenters. The zero-order valence-electron chi connectivity index (χ0n) is 14.8. The second-order valence-corrected chi connectivity index (χ2v) is 8.41. The van der Waals surface area contributed by atoms with Crippen molar-refractivity contribution in [1.29, 1.82) is 0 Å². The zero-order valence-corrected chi connectivity index (χ0v) is 15.6. The third kappa shape index (κ3) is 3.84. The van der Waals surface area contributed by atoms with E-state index in [0.29, 0.717) is 30.7 Å². The van der Waals surface area contributed by atoms with Crippen molar-refractivity contribution in [3.63, 3.8) is 0 Å². The Balaban J connectivity index is 1.39. The van der Waals surface area contributed by atoms with Crippen LogP contribution in [0, 0.1) is 0 Å². The molecule has 2 aliphatic rings. The standard InChI is InChI=1S/C17H22N4O5S/c22-16(21-6-8-26-14(11-21)13-4-2-7-25-13)10-20-27(23,24)15-9-19-17-12(15)3-1-5-18-17/h1,3,5,9,13-14,20H,2,4,6-8,10-11H2,(H,18,19). The van der Waals surface area contributed by atoms with Crippen LogP contribution in [0.5, 0.6) is 0 Å². The maximum atomic E-state index is 12.6. The summed E-state index contributed by atoms with van der Waals surface area (Å²) >= 11 is 0. The van der Waals surface area contributed by atoms with Crippen molar-refractivity contribution in [2.75, 3.05) is 32.8 Å². The predicted molar refractivity (Wildman–Crippen MR) is 96.6 cm³/mol. The van der Waals surface area contributed by atoms with Gasteiger partial charge in [0.05, 0.1) is 19.3 Å². The van der Waals surface area contributed by atoms with E-state index in [1.165, 1.54) is 6.20 Å². The molecule has 0 aliphatic carbocycles. The summed E-state index contributed by atoms with van der Waals surface area (Å²) in [5.41, 5.74) is 0.483. The van der Waals surface area contributed by atoms with Crippen LogP contribution in [-0.2, 0) is 24.3 Å². The van der Waals surface area contributed by atoms with Gasteiger partial charge in [-0.25, -0.2) is 18.1 Å².